The van der Waals surface area contributed by atoms with Gasteiger partial charge in [0.2, 0.25) is 0 Å². The van der Waals surface area contributed by atoms with Gasteiger partial charge >= 0.3 is 4.87 Å². The SMILES string of the molecule is CNc1ccc([N+](=O)[O-])cc1C(=O)NCc1csc(=O)[nH]1. The summed E-state index contributed by atoms with van der Waals surface area (Å²) in [6, 6.07) is 4.00. The van der Waals surface area contributed by atoms with Crippen LogP contribution in [-0.2, 0) is 6.54 Å². The van der Waals surface area contributed by atoms with Gasteiger partial charge in [0.15, 0.2) is 0 Å². The summed E-state index contributed by atoms with van der Waals surface area (Å²) in [5.41, 5.74) is 1.07. The molecular weight excluding hydrogens is 296 g/mol. The number of thiazole rings is 1. The molecule has 0 saturated heterocycles. The van der Waals surface area contributed by atoms with E-state index in [-0.39, 0.29) is 22.7 Å². The monoisotopic (exact) mass is 308 g/mol. The summed E-state index contributed by atoms with van der Waals surface area (Å²) in [5, 5.41) is 17.8. The molecule has 9 heteroatoms. The number of nitro groups is 1. The van der Waals surface area contributed by atoms with Crippen LogP contribution in [0.1, 0.15) is 16.1 Å². The Labute approximate surface area is 123 Å². The molecule has 0 unspecified atom stereocenters. The lowest BCUT2D eigenvalue weighted by atomic mass is 10.1. The van der Waals surface area contributed by atoms with Crippen LogP contribution in [-0.4, -0.2) is 22.9 Å². The Bertz CT molecular complexity index is 737. The topological polar surface area (TPSA) is 117 Å². The van der Waals surface area contributed by atoms with E-state index in [1.807, 2.05) is 0 Å². The number of nitrogens with one attached hydrogen (secondary N) is 3. The van der Waals surface area contributed by atoms with Gasteiger partial charge in [-0.1, -0.05) is 11.3 Å². The van der Waals surface area contributed by atoms with Crippen molar-refractivity contribution in [3.63, 3.8) is 0 Å². The zero-order valence-electron chi connectivity index (χ0n) is 11.0. The molecule has 21 heavy (non-hydrogen) atoms. The maximum absolute atomic E-state index is 12.1. The van der Waals surface area contributed by atoms with Gasteiger partial charge in [0, 0.05) is 35.9 Å². The average Bonchev–Trinajstić information content (AvgIpc) is 2.89. The highest BCUT2D eigenvalue weighted by Gasteiger charge is 2.16. The largest absolute Gasteiger partial charge is 0.387 e. The smallest absolute Gasteiger partial charge is 0.304 e. The molecule has 1 aromatic heterocycles. The van der Waals surface area contributed by atoms with Crippen molar-refractivity contribution in [1.29, 1.82) is 0 Å². The number of nitrogens with zero attached hydrogens (tertiary/aromatic N) is 1. The number of benzene rings is 1. The van der Waals surface area contributed by atoms with E-state index in [1.54, 1.807) is 12.4 Å². The summed E-state index contributed by atoms with van der Waals surface area (Å²) in [6.07, 6.45) is 0. The third-order valence-corrected chi connectivity index (χ3v) is 3.46. The molecule has 0 aliphatic carbocycles. The molecule has 0 saturated carbocycles. The summed E-state index contributed by atoms with van der Waals surface area (Å²) in [7, 11) is 1.62. The van der Waals surface area contributed by atoms with E-state index in [9.17, 15) is 19.7 Å². The fourth-order valence-electron chi connectivity index (χ4n) is 1.72. The second-order valence-corrected chi connectivity index (χ2v) is 4.94. The third kappa shape index (κ3) is 3.45. The van der Waals surface area contributed by atoms with E-state index >= 15 is 0 Å². The third-order valence-electron chi connectivity index (χ3n) is 2.74. The van der Waals surface area contributed by atoms with Crippen molar-refractivity contribution in [3.8, 4) is 0 Å². The van der Waals surface area contributed by atoms with E-state index in [2.05, 4.69) is 15.6 Å². The molecule has 1 amide bonds. The molecule has 1 heterocycles. The summed E-state index contributed by atoms with van der Waals surface area (Å²) >= 11 is 1.00. The first-order valence-electron chi connectivity index (χ1n) is 5.92. The number of nitro benzene ring substituents is 1. The lowest BCUT2D eigenvalue weighted by Gasteiger charge is -2.09. The van der Waals surface area contributed by atoms with Crippen LogP contribution in [0.2, 0.25) is 0 Å². The number of non-ortho nitro benzene ring substituents is 1. The Morgan fingerprint density at radius 3 is 2.81 bits per heavy atom. The normalized spacial score (nSPS) is 10.1. The lowest BCUT2D eigenvalue weighted by Crippen LogP contribution is -2.24. The minimum atomic E-state index is -0.563. The second kappa shape index (κ2) is 6.18. The van der Waals surface area contributed by atoms with Crippen molar-refractivity contribution >= 4 is 28.6 Å². The molecule has 0 aliphatic rings. The van der Waals surface area contributed by atoms with E-state index in [1.165, 1.54) is 18.2 Å². The maximum Gasteiger partial charge on any atom is 0.304 e. The first-order valence-corrected chi connectivity index (χ1v) is 6.80. The average molecular weight is 308 g/mol. The summed E-state index contributed by atoms with van der Waals surface area (Å²) in [4.78, 5) is 35.7. The summed E-state index contributed by atoms with van der Waals surface area (Å²) in [5.74, 6) is -0.463. The van der Waals surface area contributed by atoms with E-state index in [4.69, 9.17) is 0 Å². The van der Waals surface area contributed by atoms with Crippen LogP contribution in [0.4, 0.5) is 11.4 Å². The Morgan fingerprint density at radius 1 is 1.48 bits per heavy atom. The maximum atomic E-state index is 12.1. The Balaban J connectivity index is 2.18. The highest BCUT2D eigenvalue weighted by Crippen LogP contribution is 2.21. The highest BCUT2D eigenvalue weighted by atomic mass is 32.1. The Hall–Kier alpha value is -2.68. The van der Waals surface area contributed by atoms with Crippen molar-refractivity contribution < 1.29 is 9.72 Å². The van der Waals surface area contributed by atoms with Crippen LogP contribution in [0.15, 0.2) is 28.4 Å². The molecular formula is C12H12N4O4S. The summed E-state index contributed by atoms with van der Waals surface area (Å²) in [6.45, 7) is 0.142. The molecule has 8 nitrogen and oxygen atoms in total. The molecule has 0 radical (unpaired) electrons. The van der Waals surface area contributed by atoms with Crippen LogP contribution in [0.3, 0.4) is 0 Å². The predicted molar refractivity (Wildman–Crippen MR) is 78.8 cm³/mol. The Morgan fingerprint density at radius 2 is 2.24 bits per heavy atom. The standard InChI is InChI=1S/C12H12N4O4S/c1-13-10-3-2-8(16(19)20)4-9(10)11(17)14-5-7-6-21-12(18)15-7/h2-4,6,13H,5H2,1H3,(H,14,17)(H,15,18). The molecule has 3 N–H and O–H groups in total. The zero-order chi connectivity index (χ0) is 15.4. The number of hydrogen-bond donors (Lipinski definition) is 3. The van der Waals surface area contributed by atoms with E-state index < -0.39 is 10.8 Å². The Kier molecular flexibility index (Phi) is 4.33. The molecule has 0 spiro atoms. The molecule has 1 aromatic carbocycles. The molecule has 2 rings (SSSR count). The van der Waals surface area contributed by atoms with Crippen molar-refractivity contribution in [3.05, 3.63) is 54.6 Å². The quantitative estimate of drug-likeness (QED) is 0.569. The number of carbonyl (C=O) groups excluding carboxylic acids is 1. The van der Waals surface area contributed by atoms with Gasteiger partial charge in [0.05, 0.1) is 17.0 Å². The molecule has 0 atom stereocenters. The number of H-pyrrole nitrogens is 1. The van der Waals surface area contributed by atoms with Crippen molar-refractivity contribution in [2.75, 3.05) is 12.4 Å². The van der Waals surface area contributed by atoms with Crippen LogP contribution in [0, 0.1) is 10.1 Å². The van der Waals surface area contributed by atoms with Crippen molar-refractivity contribution in [2.45, 2.75) is 6.54 Å². The number of aromatic amines is 1. The minimum Gasteiger partial charge on any atom is -0.387 e. The van der Waals surface area contributed by atoms with Gasteiger partial charge in [-0.15, -0.1) is 0 Å². The van der Waals surface area contributed by atoms with E-state index in [0.717, 1.165) is 11.3 Å². The van der Waals surface area contributed by atoms with Crippen molar-refractivity contribution in [2.24, 2.45) is 0 Å². The molecule has 2 aromatic rings. The van der Waals surface area contributed by atoms with Gasteiger partial charge in [-0.3, -0.25) is 19.7 Å². The number of carbonyl (C=O) groups is 1. The molecule has 0 bridgehead atoms. The van der Waals surface area contributed by atoms with Crippen molar-refractivity contribution in [1.82, 2.24) is 10.3 Å². The van der Waals surface area contributed by atoms with Gasteiger partial charge in [0.1, 0.15) is 0 Å². The fraction of sp³-hybridized carbons (Fsp3) is 0.167. The van der Waals surface area contributed by atoms with Crippen LogP contribution in [0.5, 0.6) is 0 Å². The highest BCUT2D eigenvalue weighted by molar-refractivity contribution is 7.07. The first-order chi connectivity index (χ1) is 10.0. The van der Waals surface area contributed by atoms with Crippen LogP contribution >= 0.6 is 11.3 Å². The number of amides is 1. The predicted octanol–water partition coefficient (Wildman–Crippen LogP) is 1.32. The number of rotatable bonds is 5. The number of hydrogen-bond acceptors (Lipinski definition) is 6. The number of anilines is 1. The van der Waals surface area contributed by atoms with E-state index in [0.29, 0.717) is 11.4 Å². The first kappa shape index (κ1) is 14.7. The molecule has 0 fully saturated rings. The van der Waals surface area contributed by atoms with Gasteiger partial charge in [-0.2, -0.15) is 0 Å². The van der Waals surface area contributed by atoms with Gasteiger partial charge in [0.25, 0.3) is 11.6 Å². The lowest BCUT2D eigenvalue weighted by molar-refractivity contribution is -0.384. The van der Waals surface area contributed by atoms with Gasteiger partial charge < -0.3 is 15.6 Å². The van der Waals surface area contributed by atoms with Crippen LogP contribution in [0.25, 0.3) is 0 Å². The van der Waals surface area contributed by atoms with Gasteiger partial charge in [-0.25, -0.2) is 0 Å². The second-order valence-electron chi connectivity index (χ2n) is 4.09. The fourth-order valence-corrected chi connectivity index (χ4v) is 2.30. The number of aromatic nitrogens is 1. The zero-order valence-corrected chi connectivity index (χ0v) is 11.8. The molecule has 0 aliphatic heterocycles. The molecule has 110 valence electrons. The van der Waals surface area contributed by atoms with Gasteiger partial charge in [-0.05, 0) is 6.07 Å². The summed E-state index contributed by atoms with van der Waals surface area (Å²) < 4.78 is 0. The van der Waals surface area contributed by atoms with Crippen LogP contribution < -0.4 is 15.5 Å². The minimum absolute atomic E-state index is 0.142.